The molecule has 1 rings (SSSR count). The van der Waals surface area contributed by atoms with Crippen LogP contribution in [0.15, 0.2) is 0 Å². The van der Waals surface area contributed by atoms with E-state index in [1.165, 1.54) is 0 Å². The van der Waals surface area contributed by atoms with Gasteiger partial charge < -0.3 is 4.74 Å². The van der Waals surface area contributed by atoms with Gasteiger partial charge in [-0.2, -0.15) is 0 Å². The van der Waals surface area contributed by atoms with Crippen molar-refractivity contribution >= 4 is 12.2 Å². The lowest BCUT2D eigenvalue weighted by Crippen LogP contribution is -1.97. The van der Waals surface area contributed by atoms with E-state index in [9.17, 15) is 0 Å². The zero-order valence-corrected chi connectivity index (χ0v) is 7.91. The van der Waals surface area contributed by atoms with E-state index in [1.54, 1.807) is 0 Å². The van der Waals surface area contributed by atoms with Crippen molar-refractivity contribution in [3.05, 3.63) is 10.6 Å². The number of aromatic amines is 2. The molecular weight excluding hydrogens is 174 g/mol. The zero-order valence-electron chi connectivity index (χ0n) is 7.09. The van der Waals surface area contributed by atoms with E-state index in [1.807, 2.05) is 6.92 Å². The smallest absolute Gasteiger partial charge is 0.213 e. The molecule has 0 aliphatic heterocycles. The fourth-order valence-corrected chi connectivity index (χ4v) is 1.07. The van der Waals surface area contributed by atoms with Gasteiger partial charge in [-0.25, -0.2) is 4.98 Å². The van der Waals surface area contributed by atoms with Gasteiger partial charge in [-0.1, -0.05) is 0 Å². The van der Waals surface area contributed by atoms with Gasteiger partial charge in [0.15, 0.2) is 0 Å². The van der Waals surface area contributed by atoms with Crippen LogP contribution in [0.1, 0.15) is 19.2 Å². The number of H-pyrrole nitrogens is 2. The normalized spacial score (nSPS) is 10.4. The van der Waals surface area contributed by atoms with Crippen molar-refractivity contribution in [2.75, 3.05) is 13.2 Å². The van der Waals surface area contributed by atoms with Crippen molar-refractivity contribution in [2.24, 2.45) is 0 Å². The lowest BCUT2D eigenvalue weighted by molar-refractivity contribution is 0.145. The maximum absolute atomic E-state index is 5.18. The summed E-state index contributed by atoms with van der Waals surface area (Å²) in [6.45, 7) is 3.54. The Labute approximate surface area is 76.3 Å². The number of aryl methyl sites for hydroxylation is 1. The SMILES string of the molecule is CCOCCCc1nc(=S)[nH][nH]1. The van der Waals surface area contributed by atoms with Crippen molar-refractivity contribution in [1.29, 1.82) is 0 Å². The fourth-order valence-electron chi connectivity index (χ4n) is 0.909. The summed E-state index contributed by atoms with van der Waals surface area (Å²) in [5.74, 6) is 0.903. The number of nitrogens with zero attached hydrogens (tertiary/aromatic N) is 1. The van der Waals surface area contributed by atoms with E-state index in [0.717, 1.165) is 31.9 Å². The average Bonchev–Trinajstić information content (AvgIpc) is 2.45. The van der Waals surface area contributed by atoms with Gasteiger partial charge in [0.2, 0.25) is 4.77 Å². The maximum Gasteiger partial charge on any atom is 0.213 e. The Morgan fingerprint density at radius 2 is 2.33 bits per heavy atom. The molecule has 0 radical (unpaired) electrons. The third-order valence-electron chi connectivity index (χ3n) is 1.46. The second-order valence-electron chi connectivity index (χ2n) is 2.41. The molecule has 0 saturated carbocycles. The molecule has 1 aromatic rings. The Kier molecular flexibility index (Phi) is 3.96. The van der Waals surface area contributed by atoms with Crippen LogP contribution in [-0.2, 0) is 11.2 Å². The zero-order chi connectivity index (χ0) is 8.81. The quantitative estimate of drug-likeness (QED) is 0.541. The minimum Gasteiger partial charge on any atom is -0.382 e. The summed E-state index contributed by atoms with van der Waals surface area (Å²) < 4.78 is 5.70. The number of hydrogen-bond donors (Lipinski definition) is 2. The highest BCUT2D eigenvalue weighted by Gasteiger charge is 1.95. The Balaban J connectivity index is 2.20. The second-order valence-corrected chi connectivity index (χ2v) is 2.80. The Bertz CT molecular complexity index is 268. The van der Waals surface area contributed by atoms with Gasteiger partial charge in [0.1, 0.15) is 5.82 Å². The monoisotopic (exact) mass is 187 g/mol. The first-order chi connectivity index (χ1) is 5.83. The van der Waals surface area contributed by atoms with Gasteiger partial charge in [0, 0.05) is 19.6 Å². The molecule has 68 valence electrons. The predicted molar refractivity (Wildman–Crippen MR) is 48.6 cm³/mol. The van der Waals surface area contributed by atoms with E-state index in [-0.39, 0.29) is 0 Å². The summed E-state index contributed by atoms with van der Waals surface area (Å²) in [7, 11) is 0. The molecule has 0 bridgehead atoms. The molecule has 12 heavy (non-hydrogen) atoms. The van der Waals surface area contributed by atoms with Gasteiger partial charge in [-0.05, 0) is 25.6 Å². The molecular formula is C7H13N3OS. The van der Waals surface area contributed by atoms with Gasteiger partial charge in [0.05, 0.1) is 0 Å². The molecule has 0 fully saturated rings. The molecule has 0 unspecified atom stereocenters. The van der Waals surface area contributed by atoms with Crippen LogP contribution in [0.25, 0.3) is 0 Å². The summed E-state index contributed by atoms with van der Waals surface area (Å²) >= 11 is 4.81. The van der Waals surface area contributed by atoms with Crippen LogP contribution in [0.3, 0.4) is 0 Å². The topological polar surface area (TPSA) is 53.7 Å². The Hall–Kier alpha value is -0.680. The van der Waals surface area contributed by atoms with Crippen LogP contribution in [0, 0.1) is 4.77 Å². The third-order valence-corrected chi connectivity index (χ3v) is 1.65. The van der Waals surface area contributed by atoms with Crippen LogP contribution >= 0.6 is 12.2 Å². The van der Waals surface area contributed by atoms with Gasteiger partial charge >= 0.3 is 0 Å². The van der Waals surface area contributed by atoms with Crippen LogP contribution in [0.2, 0.25) is 0 Å². The van der Waals surface area contributed by atoms with Crippen molar-refractivity contribution in [3.63, 3.8) is 0 Å². The number of nitrogens with one attached hydrogen (secondary N) is 2. The summed E-state index contributed by atoms with van der Waals surface area (Å²) in [6.07, 6.45) is 1.86. The fraction of sp³-hybridized carbons (Fsp3) is 0.714. The first-order valence-electron chi connectivity index (χ1n) is 4.04. The van der Waals surface area contributed by atoms with Crippen LogP contribution < -0.4 is 0 Å². The van der Waals surface area contributed by atoms with E-state index < -0.39 is 0 Å². The molecule has 0 amide bonds. The lowest BCUT2D eigenvalue weighted by atomic mass is 10.3. The standard InChI is InChI=1S/C7H13N3OS/c1-2-11-5-3-4-6-8-7(12)10-9-6/h2-5H2,1H3,(H2,8,9,10,12). The van der Waals surface area contributed by atoms with Crippen molar-refractivity contribution in [2.45, 2.75) is 19.8 Å². The van der Waals surface area contributed by atoms with E-state index >= 15 is 0 Å². The summed E-state index contributed by atoms with van der Waals surface area (Å²) in [6, 6.07) is 0. The molecule has 1 heterocycles. The molecule has 0 atom stereocenters. The van der Waals surface area contributed by atoms with E-state index in [0.29, 0.717) is 4.77 Å². The summed E-state index contributed by atoms with van der Waals surface area (Å²) in [5.41, 5.74) is 0. The Morgan fingerprint density at radius 3 is 2.92 bits per heavy atom. The maximum atomic E-state index is 5.18. The minimum absolute atomic E-state index is 0.515. The van der Waals surface area contributed by atoms with Crippen LogP contribution in [0.4, 0.5) is 0 Å². The summed E-state index contributed by atoms with van der Waals surface area (Å²) in [4.78, 5) is 4.06. The molecule has 0 aliphatic rings. The van der Waals surface area contributed by atoms with Gasteiger partial charge in [-0.3, -0.25) is 10.2 Å². The van der Waals surface area contributed by atoms with Crippen molar-refractivity contribution in [1.82, 2.24) is 15.2 Å². The number of hydrogen-bond acceptors (Lipinski definition) is 3. The van der Waals surface area contributed by atoms with Gasteiger partial charge in [0.25, 0.3) is 0 Å². The third kappa shape index (κ3) is 3.15. The summed E-state index contributed by atoms with van der Waals surface area (Å²) in [5, 5.41) is 5.63. The lowest BCUT2D eigenvalue weighted by Gasteiger charge is -1.97. The first kappa shape index (κ1) is 9.41. The van der Waals surface area contributed by atoms with Crippen molar-refractivity contribution < 1.29 is 4.74 Å². The van der Waals surface area contributed by atoms with E-state index in [4.69, 9.17) is 17.0 Å². The molecule has 0 aliphatic carbocycles. The number of ether oxygens (including phenoxy) is 1. The number of rotatable bonds is 5. The molecule has 2 N–H and O–H groups in total. The van der Waals surface area contributed by atoms with Gasteiger partial charge in [-0.15, -0.1) is 0 Å². The average molecular weight is 187 g/mol. The van der Waals surface area contributed by atoms with Crippen LogP contribution in [0.5, 0.6) is 0 Å². The van der Waals surface area contributed by atoms with Crippen molar-refractivity contribution in [3.8, 4) is 0 Å². The highest BCUT2D eigenvalue weighted by molar-refractivity contribution is 7.71. The predicted octanol–water partition coefficient (Wildman–Crippen LogP) is 1.44. The molecule has 0 saturated heterocycles. The molecule has 0 aromatic carbocycles. The number of aromatic nitrogens is 3. The van der Waals surface area contributed by atoms with E-state index in [2.05, 4.69) is 15.2 Å². The highest BCUT2D eigenvalue weighted by atomic mass is 32.1. The highest BCUT2D eigenvalue weighted by Crippen LogP contribution is 1.94. The second kappa shape index (κ2) is 5.05. The molecule has 1 aromatic heterocycles. The Morgan fingerprint density at radius 1 is 1.50 bits per heavy atom. The molecule has 0 spiro atoms. The molecule has 4 nitrogen and oxygen atoms in total. The largest absolute Gasteiger partial charge is 0.382 e. The first-order valence-corrected chi connectivity index (χ1v) is 4.45. The minimum atomic E-state index is 0.515. The van der Waals surface area contributed by atoms with Crippen LogP contribution in [-0.4, -0.2) is 28.4 Å². The molecule has 5 heteroatoms.